The van der Waals surface area contributed by atoms with E-state index in [9.17, 15) is 9.18 Å². The molecule has 1 aromatic carbocycles. The molecule has 0 fully saturated rings. The fraction of sp³-hybridized carbons (Fsp3) is 0.429. The third-order valence-electron chi connectivity index (χ3n) is 4.90. The number of hydrogen-bond donors (Lipinski definition) is 1. The van der Waals surface area contributed by atoms with Crippen molar-refractivity contribution in [2.45, 2.75) is 33.6 Å². The van der Waals surface area contributed by atoms with E-state index < -0.39 is 0 Å². The topological polar surface area (TPSA) is 41.5 Å². The summed E-state index contributed by atoms with van der Waals surface area (Å²) in [5.41, 5.74) is 2.97. The van der Waals surface area contributed by atoms with Crippen molar-refractivity contribution >= 4 is 12.0 Å². The molecule has 1 aliphatic rings. The highest BCUT2D eigenvalue weighted by molar-refractivity contribution is 6.04. The van der Waals surface area contributed by atoms with Crippen LogP contribution < -0.4 is 5.32 Å². The van der Waals surface area contributed by atoms with Crippen LogP contribution in [-0.4, -0.2) is 19.0 Å². The zero-order chi connectivity index (χ0) is 18.4. The normalized spacial score (nSPS) is 21.9. The summed E-state index contributed by atoms with van der Waals surface area (Å²) < 4.78 is 13.4. The minimum absolute atomic E-state index is 0.00658. The molecule has 0 saturated carbocycles. The third-order valence-corrected chi connectivity index (χ3v) is 4.90. The van der Waals surface area contributed by atoms with Crippen LogP contribution in [0.4, 0.5) is 4.39 Å². The Morgan fingerprint density at radius 3 is 2.52 bits per heavy atom. The van der Waals surface area contributed by atoms with Crippen molar-refractivity contribution in [1.82, 2.24) is 5.32 Å². The lowest BCUT2D eigenvalue weighted by Crippen LogP contribution is -2.29. The molecule has 1 N–H and O–H groups in total. The second kappa shape index (κ2) is 8.75. The van der Waals surface area contributed by atoms with Crippen LogP contribution in [0.2, 0.25) is 0 Å². The Morgan fingerprint density at radius 1 is 1.28 bits per heavy atom. The Morgan fingerprint density at radius 2 is 1.96 bits per heavy atom. The molecule has 25 heavy (non-hydrogen) atoms. The Bertz CT molecular complexity index is 686. The standard InChI is InChI=1S/C21H27FN2O/c1-14(2)18-12-7-15(3)21(23-4)24-20(19(18)6-5-13-25)16-8-10-17(22)11-9-16/h5-6,8-11,13-14,18-19,23H,7,12H2,1-4H3/b6-5+,21-15?,24-20?. The Hall–Kier alpha value is -2.23. The molecule has 0 aromatic heterocycles. The minimum Gasteiger partial charge on any atom is -0.373 e. The SMILES string of the molecule is CNC1=C(C)CCC(C(C)C)C(/C=C/C=O)C(c2ccc(F)cc2)=N1. The summed E-state index contributed by atoms with van der Waals surface area (Å²) in [5, 5.41) is 3.18. The molecule has 0 aliphatic carbocycles. The van der Waals surface area contributed by atoms with E-state index in [1.807, 2.05) is 13.1 Å². The fourth-order valence-corrected chi connectivity index (χ4v) is 3.47. The van der Waals surface area contributed by atoms with Crippen LogP contribution in [0.1, 0.15) is 39.2 Å². The van der Waals surface area contributed by atoms with E-state index in [1.165, 1.54) is 17.7 Å². The maximum Gasteiger partial charge on any atom is 0.142 e. The number of rotatable bonds is 5. The molecule has 1 aliphatic heterocycles. The third kappa shape index (κ3) is 4.65. The molecule has 1 heterocycles. The van der Waals surface area contributed by atoms with Crippen molar-refractivity contribution in [3.05, 3.63) is 59.2 Å². The van der Waals surface area contributed by atoms with Gasteiger partial charge in [0.1, 0.15) is 17.9 Å². The molecule has 1 aromatic rings. The first-order chi connectivity index (χ1) is 12.0. The zero-order valence-electron chi connectivity index (χ0n) is 15.4. The van der Waals surface area contributed by atoms with Crippen LogP contribution in [0.25, 0.3) is 0 Å². The summed E-state index contributed by atoms with van der Waals surface area (Å²) in [7, 11) is 1.86. The maximum absolute atomic E-state index is 13.4. The number of halogens is 1. The molecule has 0 saturated heterocycles. The summed E-state index contributed by atoms with van der Waals surface area (Å²) in [4.78, 5) is 15.8. The first kappa shape index (κ1) is 19.1. The number of allylic oxidation sites excluding steroid dienone is 3. The van der Waals surface area contributed by atoms with Crippen LogP contribution in [0, 0.1) is 23.6 Å². The summed E-state index contributed by atoms with van der Waals surface area (Å²) >= 11 is 0. The molecular formula is C21H27FN2O. The van der Waals surface area contributed by atoms with Gasteiger partial charge in [-0.15, -0.1) is 0 Å². The summed E-state index contributed by atoms with van der Waals surface area (Å²) in [6.07, 6.45) is 6.27. The summed E-state index contributed by atoms with van der Waals surface area (Å²) in [6, 6.07) is 6.43. The second-order valence-corrected chi connectivity index (χ2v) is 6.88. The first-order valence-corrected chi connectivity index (χ1v) is 8.82. The van der Waals surface area contributed by atoms with Crippen molar-refractivity contribution in [2.24, 2.45) is 22.7 Å². The van der Waals surface area contributed by atoms with Gasteiger partial charge in [-0.2, -0.15) is 0 Å². The number of nitrogens with one attached hydrogen (secondary N) is 1. The van der Waals surface area contributed by atoms with Crippen molar-refractivity contribution < 1.29 is 9.18 Å². The van der Waals surface area contributed by atoms with Crippen LogP contribution in [0.5, 0.6) is 0 Å². The van der Waals surface area contributed by atoms with Gasteiger partial charge in [0.05, 0.1) is 5.71 Å². The number of benzene rings is 1. The molecule has 4 heteroatoms. The molecule has 2 atom stereocenters. The Labute approximate surface area is 149 Å². The maximum atomic E-state index is 13.4. The molecule has 134 valence electrons. The van der Waals surface area contributed by atoms with Gasteiger partial charge >= 0.3 is 0 Å². The summed E-state index contributed by atoms with van der Waals surface area (Å²) in [6.45, 7) is 6.50. The number of nitrogens with zero attached hydrogens (tertiary/aromatic N) is 1. The lowest BCUT2D eigenvalue weighted by molar-refractivity contribution is -0.104. The van der Waals surface area contributed by atoms with Crippen LogP contribution in [-0.2, 0) is 4.79 Å². The Kier molecular flexibility index (Phi) is 6.68. The molecule has 0 bridgehead atoms. The molecular weight excluding hydrogens is 315 g/mol. The van der Waals surface area contributed by atoms with Crippen molar-refractivity contribution in [2.75, 3.05) is 7.05 Å². The average Bonchev–Trinajstić information content (AvgIpc) is 2.58. The quantitative estimate of drug-likeness (QED) is 0.632. The smallest absolute Gasteiger partial charge is 0.142 e. The highest BCUT2D eigenvalue weighted by atomic mass is 19.1. The van der Waals surface area contributed by atoms with Gasteiger partial charge in [-0.25, -0.2) is 9.38 Å². The number of hydrogen-bond acceptors (Lipinski definition) is 3. The van der Waals surface area contributed by atoms with Crippen LogP contribution >= 0.6 is 0 Å². The van der Waals surface area contributed by atoms with Gasteiger partial charge in [-0.3, -0.25) is 4.79 Å². The fourth-order valence-electron chi connectivity index (χ4n) is 3.47. The van der Waals surface area contributed by atoms with E-state index in [-0.39, 0.29) is 11.7 Å². The first-order valence-electron chi connectivity index (χ1n) is 8.82. The monoisotopic (exact) mass is 342 g/mol. The number of aldehydes is 1. The van der Waals surface area contributed by atoms with Crippen molar-refractivity contribution in [1.29, 1.82) is 0 Å². The van der Waals surface area contributed by atoms with E-state index in [4.69, 9.17) is 4.99 Å². The van der Waals surface area contributed by atoms with Gasteiger partial charge < -0.3 is 5.32 Å². The van der Waals surface area contributed by atoms with E-state index in [2.05, 4.69) is 26.1 Å². The highest BCUT2D eigenvalue weighted by Gasteiger charge is 2.29. The average molecular weight is 342 g/mol. The lowest BCUT2D eigenvalue weighted by atomic mass is 9.75. The molecule has 2 unspecified atom stereocenters. The van der Waals surface area contributed by atoms with Gasteiger partial charge in [0.25, 0.3) is 0 Å². The second-order valence-electron chi connectivity index (χ2n) is 6.88. The largest absolute Gasteiger partial charge is 0.373 e. The number of aliphatic imine (C=N–C) groups is 1. The van der Waals surface area contributed by atoms with Gasteiger partial charge in [0, 0.05) is 13.0 Å². The molecule has 0 radical (unpaired) electrons. The van der Waals surface area contributed by atoms with E-state index >= 15 is 0 Å². The zero-order valence-corrected chi connectivity index (χ0v) is 15.4. The van der Waals surface area contributed by atoms with Crippen LogP contribution in [0.3, 0.4) is 0 Å². The number of carbonyl (C=O) groups is 1. The Balaban J connectivity index is 2.64. The van der Waals surface area contributed by atoms with Crippen molar-refractivity contribution in [3.8, 4) is 0 Å². The minimum atomic E-state index is -0.267. The summed E-state index contributed by atoms with van der Waals surface area (Å²) in [5.74, 6) is 1.39. The lowest BCUT2D eigenvalue weighted by Gasteiger charge is -2.32. The predicted octanol–water partition coefficient (Wildman–Crippen LogP) is 4.50. The predicted molar refractivity (Wildman–Crippen MR) is 101 cm³/mol. The number of carbonyl (C=O) groups excluding carboxylic acids is 1. The van der Waals surface area contributed by atoms with Gasteiger partial charge in [-0.1, -0.05) is 32.1 Å². The molecule has 2 rings (SSSR count). The molecule has 3 nitrogen and oxygen atoms in total. The van der Waals surface area contributed by atoms with Crippen LogP contribution in [0.15, 0.2) is 52.8 Å². The van der Waals surface area contributed by atoms with Gasteiger partial charge in [0.2, 0.25) is 0 Å². The molecule has 0 amide bonds. The van der Waals surface area contributed by atoms with Gasteiger partial charge in [0.15, 0.2) is 0 Å². The molecule has 0 spiro atoms. The van der Waals surface area contributed by atoms with Crippen molar-refractivity contribution in [3.63, 3.8) is 0 Å². The highest BCUT2D eigenvalue weighted by Crippen LogP contribution is 2.34. The van der Waals surface area contributed by atoms with E-state index in [0.717, 1.165) is 36.2 Å². The van der Waals surface area contributed by atoms with E-state index in [1.54, 1.807) is 18.2 Å². The van der Waals surface area contributed by atoms with Gasteiger partial charge in [-0.05, 0) is 60.9 Å². The van der Waals surface area contributed by atoms with E-state index in [0.29, 0.717) is 11.8 Å².